The first kappa shape index (κ1) is 11.2. The molecular weight excluding hydrogens is 230 g/mol. The van der Waals surface area contributed by atoms with Crippen molar-refractivity contribution in [2.75, 3.05) is 13.4 Å². The summed E-state index contributed by atoms with van der Waals surface area (Å²) in [5.41, 5.74) is 1.06. The van der Waals surface area contributed by atoms with Crippen molar-refractivity contribution < 1.29 is 14.2 Å². The predicted molar refractivity (Wildman–Crippen MR) is 66.8 cm³/mol. The highest BCUT2D eigenvalue weighted by Gasteiger charge is 2.22. The average Bonchev–Trinajstić information content (AvgIpc) is 3.10. The number of hydrogen-bond donors (Lipinski definition) is 1. The maximum Gasteiger partial charge on any atom is 0.231 e. The second-order valence-corrected chi connectivity index (χ2v) is 4.46. The largest absolute Gasteiger partial charge is 0.480 e. The van der Waals surface area contributed by atoms with E-state index in [1.807, 2.05) is 12.1 Å². The van der Waals surface area contributed by atoms with Gasteiger partial charge in [0, 0.05) is 24.2 Å². The van der Waals surface area contributed by atoms with Gasteiger partial charge in [0.05, 0.1) is 0 Å². The molecule has 0 spiro atoms. The van der Waals surface area contributed by atoms with Gasteiger partial charge in [0.25, 0.3) is 0 Å². The highest BCUT2D eigenvalue weighted by Crippen LogP contribution is 2.38. The van der Waals surface area contributed by atoms with Crippen molar-refractivity contribution in [3.63, 3.8) is 0 Å². The number of hydrogen-bond acceptors (Lipinski definition) is 4. The number of fused-ring (bicyclic) bond motifs is 1. The van der Waals surface area contributed by atoms with Crippen molar-refractivity contribution in [3.05, 3.63) is 17.7 Å². The van der Waals surface area contributed by atoms with Crippen LogP contribution in [-0.2, 0) is 6.54 Å². The molecule has 0 radical (unpaired) electrons. The quantitative estimate of drug-likeness (QED) is 0.801. The number of benzene rings is 1. The van der Waals surface area contributed by atoms with Crippen molar-refractivity contribution in [1.29, 1.82) is 0 Å². The van der Waals surface area contributed by atoms with Crippen LogP contribution in [0, 0.1) is 12.3 Å². The Morgan fingerprint density at radius 3 is 2.83 bits per heavy atom. The van der Waals surface area contributed by atoms with Crippen LogP contribution < -0.4 is 19.5 Å². The minimum absolute atomic E-state index is 0.260. The molecule has 0 amide bonds. The molecule has 0 aromatic heterocycles. The Hall–Kier alpha value is -1.86. The number of terminal acetylenes is 1. The summed E-state index contributed by atoms with van der Waals surface area (Å²) in [4.78, 5) is 0. The van der Waals surface area contributed by atoms with Gasteiger partial charge in [-0.05, 0) is 18.9 Å². The molecule has 0 saturated heterocycles. The smallest absolute Gasteiger partial charge is 0.231 e. The van der Waals surface area contributed by atoms with Crippen LogP contribution in [-0.4, -0.2) is 19.4 Å². The van der Waals surface area contributed by atoms with Crippen molar-refractivity contribution in [3.8, 4) is 29.6 Å². The van der Waals surface area contributed by atoms with Gasteiger partial charge in [0.1, 0.15) is 12.4 Å². The predicted octanol–water partition coefficient (Wildman–Crippen LogP) is 1.68. The van der Waals surface area contributed by atoms with Crippen LogP contribution in [0.3, 0.4) is 0 Å². The third-order valence-corrected chi connectivity index (χ3v) is 3.03. The fourth-order valence-electron chi connectivity index (χ4n) is 1.90. The highest BCUT2D eigenvalue weighted by molar-refractivity contribution is 5.52. The van der Waals surface area contributed by atoms with Crippen LogP contribution in [0.25, 0.3) is 0 Å². The Labute approximate surface area is 106 Å². The Bertz CT molecular complexity index is 489. The van der Waals surface area contributed by atoms with Gasteiger partial charge in [0.15, 0.2) is 11.5 Å². The molecule has 1 saturated carbocycles. The van der Waals surface area contributed by atoms with Crippen molar-refractivity contribution >= 4 is 0 Å². The molecule has 4 nitrogen and oxygen atoms in total. The zero-order valence-corrected chi connectivity index (χ0v) is 10.1. The zero-order valence-electron chi connectivity index (χ0n) is 10.1. The van der Waals surface area contributed by atoms with Crippen molar-refractivity contribution in [1.82, 2.24) is 5.32 Å². The second kappa shape index (κ2) is 4.79. The topological polar surface area (TPSA) is 39.7 Å². The van der Waals surface area contributed by atoms with Crippen molar-refractivity contribution in [2.24, 2.45) is 0 Å². The minimum atomic E-state index is 0.260. The standard InChI is InChI=1S/C14H15NO3/c1-2-5-16-12-7-14-13(17-9-18-14)6-10(12)8-15-11-3-4-11/h1,6-7,11,15H,3-5,8-9H2. The Morgan fingerprint density at radius 1 is 1.33 bits per heavy atom. The summed E-state index contributed by atoms with van der Waals surface area (Å²) < 4.78 is 16.3. The summed E-state index contributed by atoms with van der Waals surface area (Å²) in [5, 5.41) is 3.45. The van der Waals surface area contributed by atoms with Crippen molar-refractivity contribution in [2.45, 2.75) is 25.4 Å². The van der Waals surface area contributed by atoms with E-state index < -0.39 is 0 Å². The monoisotopic (exact) mass is 245 g/mol. The lowest BCUT2D eigenvalue weighted by molar-refractivity contribution is 0.174. The molecule has 1 aliphatic heterocycles. The summed E-state index contributed by atoms with van der Waals surface area (Å²) in [5.74, 6) is 4.74. The van der Waals surface area contributed by atoms with E-state index in [-0.39, 0.29) is 13.4 Å². The summed E-state index contributed by atoms with van der Waals surface area (Å²) >= 11 is 0. The third kappa shape index (κ3) is 2.36. The summed E-state index contributed by atoms with van der Waals surface area (Å²) in [7, 11) is 0. The lowest BCUT2D eigenvalue weighted by Gasteiger charge is -2.11. The summed E-state index contributed by atoms with van der Waals surface area (Å²) in [6.07, 6.45) is 7.73. The molecule has 1 fully saturated rings. The first-order valence-corrected chi connectivity index (χ1v) is 6.09. The van der Waals surface area contributed by atoms with Crippen LogP contribution in [0.2, 0.25) is 0 Å². The first-order valence-electron chi connectivity index (χ1n) is 6.09. The van der Waals surface area contributed by atoms with Gasteiger partial charge in [-0.3, -0.25) is 0 Å². The summed E-state index contributed by atoms with van der Waals surface area (Å²) in [6, 6.07) is 4.46. The van der Waals surface area contributed by atoms with E-state index in [1.165, 1.54) is 12.8 Å². The Kier molecular flexibility index (Phi) is 2.99. The van der Waals surface area contributed by atoms with Gasteiger partial charge in [0.2, 0.25) is 6.79 Å². The van der Waals surface area contributed by atoms with E-state index in [0.717, 1.165) is 29.4 Å². The number of nitrogens with one attached hydrogen (secondary N) is 1. The molecular formula is C14H15NO3. The number of rotatable bonds is 5. The van der Waals surface area contributed by atoms with Crippen LogP contribution >= 0.6 is 0 Å². The molecule has 0 atom stereocenters. The molecule has 94 valence electrons. The Balaban J connectivity index is 1.80. The van der Waals surface area contributed by atoms with Crippen LogP contribution in [0.15, 0.2) is 12.1 Å². The van der Waals surface area contributed by atoms with Crippen LogP contribution in [0.4, 0.5) is 0 Å². The highest BCUT2D eigenvalue weighted by atomic mass is 16.7. The molecule has 3 rings (SSSR count). The third-order valence-electron chi connectivity index (χ3n) is 3.03. The molecule has 1 aliphatic carbocycles. The van der Waals surface area contributed by atoms with Gasteiger partial charge >= 0.3 is 0 Å². The average molecular weight is 245 g/mol. The van der Waals surface area contributed by atoms with Crippen LogP contribution in [0.5, 0.6) is 17.2 Å². The van der Waals surface area contributed by atoms with E-state index in [2.05, 4.69) is 11.2 Å². The Morgan fingerprint density at radius 2 is 2.11 bits per heavy atom. The lowest BCUT2D eigenvalue weighted by Crippen LogP contribution is -2.16. The number of ether oxygens (including phenoxy) is 3. The molecule has 1 heterocycles. The van der Waals surface area contributed by atoms with E-state index >= 15 is 0 Å². The van der Waals surface area contributed by atoms with Gasteiger partial charge < -0.3 is 19.5 Å². The van der Waals surface area contributed by atoms with E-state index in [4.69, 9.17) is 20.6 Å². The molecule has 4 heteroatoms. The van der Waals surface area contributed by atoms with Gasteiger partial charge in [-0.25, -0.2) is 0 Å². The fourth-order valence-corrected chi connectivity index (χ4v) is 1.90. The molecule has 18 heavy (non-hydrogen) atoms. The molecule has 1 aromatic carbocycles. The normalized spacial score (nSPS) is 16.4. The second-order valence-electron chi connectivity index (χ2n) is 4.46. The maximum atomic E-state index is 5.55. The summed E-state index contributed by atoms with van der Waals surface area (Å²) in [6.45, 7) is 1.29. The molecule has 1 N–H and O–H groups in total. The lowest BCUT2D eigenvalue weighted by atomic mass is 10.1. The zero-order chi connectivity index (χ0) is 12.4. The maximum absolute atomic E-state index is 5.55. The van der Waals surface area contributed by atoms with Gasteiger partial charge in [-0.15, -0.1) is 6.42 Å². The SMILES string of the molecule is C#CCOc1cc2c(cc1CNC1CC1)OCO2. The van der Waals surface area contributed by atoms with E-state index in [0.29, 0.717) is 6.04 Å². The molecule has 1 aromatic rings. The van der Waals surface area contributed by atoms with Crippen LogP contribution in [0.1, 0.15) is 18.4 Å². The molecule has 0 bridgehead atoms. The van der Waals surface area contributed by atoms with E-state index in [1.54, 1.807) is 0 Å². The fraction of sp³-hybridized carbons (Fsp3) is 0.429. The van der Waals surface area contributed by atoms with E-state index in [9.17, 15) is 0 Å². The molecule has 2 aliphatic rings. The van der Waals surface area contributed by atoms with Gasteiger partial charge in [-0.2, -0.15) is 0 Å². The first-order chi connectivity index (χ1) is 8.86. The minimum Gasteiger partial charge on any atom is -0.480 e. The molecule has 0 unspecified atom stereocenters. The van der Waals surface area contributed by atoms with Gasteiger partial charge in [-0.1, -0.05) is 5.92 Å².